The SMILES string of the molecule is O=C1Nc2ccccc2SC1C(=O)N1CCC(C(=O)N2CC=C(c3ccccc3)CC2)CC1. The monoisotopic (exact) mass is 461 g/mol. The van der Waals surface area contributed by atoms with E-state index in [9.17, 15) is 14.4 Å². The minimum atomic E-state index is -0.768. The summed E-state index contributed by atoms with van der Waals surface area (Å²) < 4.78 is 0. The van der Waals surface area contributed by atoms with Crippen LogP contribution in [-0.4, -0.2) is 59.0 Å². The molecule has 1 N–H and O–H groups in total. The van der Waals surface area contributed by atoms with Gasteiger partial charge in [0.1, 0.15) is 0 Å². The number of likely N-dealkylation sites (tertiary alicyclic amines) is 1. The number of carbonyl (C=O) groups excluding carboxylic acids is 3. The Kier molecular flexibility index (Phi) is 6.22. The highest BCUT2D eigenvalue weighted by Crippen LogP contribution is 2.36. The average Bonchev–Trinajstić information content (AvgIpc) is 2.88. The molecule has 0 radical (unpaired) electrons. The van der Waals surface area contributed by atoms with E-state index in [1.165, 1.54) is 22.9 Å². The summed E-state index contributed by atoms with van der Waals surface area (Å²) in [4.78, 5) is 43.3. The van der Waals surface area contributed by atoms with Crippen molar-refractivity contribution in [3.8, 4) is 0 Å². The number of hydrogen-bond donors (Lipinski definition) is 1. The van der Waals surface area contributed by atoms with E-state index in [4.69, 9.17) is 0 Å². The highest BCUT2D eigenvalue weighted by atomic mass is 32.2. The number of anilines is 1. The molecule has 1 atom stereocenters. The summed E-state index contributed by atoms with van der Waals surface area (Å²) in [5, 5.41) is 2.07. The first-order valence-electron chi connectivity index (χ1n) is 11.5. The second-order valence-corrected chi connectivity index (χ2v) is 9.86. The predicted molar refractivity (Wildman–Crippen MR) is 130 cm³/mol. The molecular formula is C26H27N3O3S. The number of para-hydroxylation sites is 1. The van der Waals surface area contributed by atoms with E-state index in [0.717, 1.165) is 23.5 Å². The molecule has 1 fully saturated rings. The fourth-order valence-corrected chi connectivity index (χ4v) is 5.84. The van der Waals surface area contributed by atoms with E-state index in [1.807, 2.05) is 47.4 Å². The number of nitrogens with zero attached hydrogens (tertiary/aromatic N) is 2. The lowest BCUT2D eigenvalue weighted by Crippen LogP contribution is -2.50. The molecule has 6 nitrogen and oxygen atoms in total. The Morgan fingerprint density at radius 2 is 1.61 bits per heavy atom. The van der Waals surface area contributed by atoms with Gasteiger partial charge in [0, 0.05) is 37.0 Å². The smallest absolute Gasteiger partial charge is 0.247 e. The summed E-state index contributed by atoms with van der Waals surface area (Å²) in [7, 11) is 0. The molecule has 3 heterocycles. The minimum absolute atomic E-state index is 0.0608. The molecule has 3 aliphatic heterocycles. The summed E-state index contributed by atoms with van der Waals surface area (Å²) in [6.45, 7) is 2.40. The van der Waals surface area contributed by atoms with Crippen LogP contribution in [0, 0.1) is 5.92 Å². The fourth-order valence-electron chi connectivity index (χ4n) is 4.77. The van der Waals surface area contributed by atoms with E-state index in [2.05, 4.69) is 23.5 Å². The van der Waals surface area contributed by atoms with Crippen molar-refractivity contribution in [3.05, 3.63) is 66.2 Å². The van der Waals surface area contributed by atoms with Crippen LogP contribution >= 0.6 is 11.8 Å². The van der Waals surface area contributed by atoms with E-state index >= 15 is 0 Å². The van der Waals surface area contributed by atoms with E-state index in [1.54, 1.807) is 4.90 Å². The van der Waals surface area contributed by atoms with Crippen LogP contribution in [0.2, 0.25) is 0 Å². The fraction of sp³-hybridized carbons (Fsp3) is 0.346. The Bertz CT molecular complexity index is 1090. The molecule has 3 aliphatic rings. The standard InChI is InChI=1S/C26H27N3O3S/c30-24-23(33-22-9-5-4-8-21(22)27-24)26(32)29-16-12-20(13-17-29)25(31)28-14-10-19(11-15-28)18-6-2-1-3-7-18/h1-10,20,23H,11-17H2,(H,27,30). The number of piperidine rings is 1. The molecular weight excluding hydrogens is 434 g/mol. The van der Waals surface area contributed by atoms with E-state index in [0.29, 0.717) is 32.5 Å². The third-order valence-corrected chi connectivity index (χ3v) is 7.93. The van der Waals surface area contributed by atoms with Gasteiger partial charge in [0.2, 0.25) is 17.7 Å². The first-order valence-corrected chi connectivity index (χ1v) is 12.4. The van der Waals surface area contributed by atoms with Crippen LogP contribution in [0.25, 0.3) is 5.57 Å². The molecule has 0 spiro atoms. The Balaban J connectivity index is 1.15. The summed E-state index contributed by atoms with van der Waals surface area (Å²) in [6, 6.07) is 17.8. The van der Waals surface area contributed by atoms with Crippen LogP contribution in [-0.2, 0) is 14.4 Å². The lowest BCUT2D eigenvalue weighted by molar-refractivity contribution is -0.141. The zero-order valence-electron chi connectivity index (χ0n) is 18.4. The number of hydrogen-bond acceptors (Lipinski definition) is 4. The molecule has 0 saturated carbocycles. The van der Waals surface area contributed by atoms with Crippen molar-refractivity contribution in [3.63, 3.8) is 0 Å². The van der Waals surface area contributed by atoms with Gasteiger partial charge in [-0.25, -0.2) is 0 Å². The molecule has 33 heavy (non-hydrogen) atoms. The Labute approximate surface area is 198 Å². The molecule has 0 bridgehead atoms. The third-order valence-electron chi connectivity index (χ3n) is 6.67. The Morgan fingerprint density at radius 1 is 0.879 bits per heavy atom. The van der Waals surface area contributed by atoms with Gasteiger partial charge in [-0.15, -0.1) is 11.8 Å². The van der Waals surface area contributed by atoms with Crippen molar-refractivity contribution in [2.75, 3.05) is 31.5 Å². The van der Waals surface area contributed by atoms with Gasteiger partial charge < -0.3 is 15.1 Å². The second-order valence-electron chi connectivity index (χ2n) is 8.71. The van der Waals surface area contributed by atoms with Crippen LogP contribution in [0.1, 0.15) is 24.8 Å². The van der Waals surface area contributed by atoms with Crippen molar-refractivity contribution in [1.82, 2.24) is 9.80 Å². The molecule has 7 heteroatoms. The van der Waals surface area contributed by atoms with Gasteiger partial charge >= 0.3 is 0 Å². The Morgan fingerprint density at radius 3 is 2.33 bits per heavy atom. The van der Waals surface area contributed by atoms with Gasteiger partial charge in [-0.3, -0.25) is 14.4 Å². The van der Waals surface area contributed by atoms with Crippen molar-refractivity contribution in [2.45, 2.75) is 29.4 Å². The average molecular weight is 462 g/mol. The zero-order valence-corrected chi connectivity index (χ0v) is 19.2. The third kappa shape index (κ3) is 4.55. The quantitative estimate of drug-likeness (QED) is 0.709. The number of thioether (sulfide) groups is 1. The summed E-state index contributed by atoms with van der Waals surface area (Å²) in [5.74, 6) is -0.305. The molecule has 1 saturated heterocycles. The zero-order chi connectivity index (χ0) is 22.8. The molecule has 0 aliphatic carbocycles. The number of rotatable bonds is 3. The number of benzene rings is 2. The largest absolute Gasteiger partial charge is 0.341 e. The van der Waals surface area contributed by atoms with Crippen LogP contribution in [0.5, 0.6) is 0 Å². The molecule has 1 unspecified atom stereocenters. The number of carbonyl (C=O) groups is 3. The maximum Gasteiger partial charge on any atom is 0.247 e. The molecule has 5 rings (SSSR count). The summed E-state index contributed by atoms with van der Waals surface area (Å²) >= 11 is 1.31. The first kappa shape index (κ1) is 21.8. The number of fused-ring (bicyclic) bond motifs is 1. The Hall–Kier alpha value is -3.06. The van der Waals surface area contributed by atoms with Crippen LogP contribution in [0.15, 0.2) is 65.6 Å². The minimum Gasteiger partial charge on any atom is -0.341 e. The van der Waals surface area contributed by atoms with Crippen molar-refractivity contribution >= 4 is 40.7 Å². The van der Waals surface area contributed by atoms with Gasteiger partial charge in [-0.2, -0.15) is 0 Å². The highest BCUT2D eigenvalue weighted by Gasteiger charge is 2.38. The first-order chi connectivity index (χ1) is 16.1. The van der Waals surface area contributed by atoms with Crippen molar-refractivity contribution in [2.24, 2.45) is 5.92 Å². The topological polar surface area (TPSA) is 69.7 Å². The molecule has 0 aromatic heterocycles. The summed E-state index contributed by atoms with van der Waals surface area (Å²) in [5.41, 5.74) is 3.28. The molecule has 2 aromatic rings. The highest BCUT2D eigenvalue weighted by molar-refractivity contribution is 8.01. The van der Waals surface area contributed by atoms with Crippen molar-refractivity contribution in [1.29, 1.82) is 0 Å². The predicted octanol–water partition coefficient (Wildman–Crippen LogP) is 3.65. The maximum absolute atomic E-state index is 13.1. The maximum atomic E-state index is 13.1. The lowest BCUT2D eigenvalue weighted by Gasteiger charge is -2.36. The van der Waals surface area contributed by atoms with Crippen LogP contribution in [0.4, 0.5) is 5.69 Å². The van der Waals surface area contributed by atoms with Gasteiger partial charge in [0.25, 0.3) is 0 Å². The second kappa shape index (κ2) is 9.43. The van der Waals surface area contributed by atoms with Crippen LogP contribution in [0.3, 0.4) is 0 Å². The molecule has 3 amide bonds. The van der Waals surface area contributed by atoms with E-state index < -0.39 is 5.25 Å². The van der Waals surface area contributed by atoms with E-state index in [-0.39, 0.29) is 23.6 Å². The lowest BCUT2D eigenvalue weighted by atomic mass is 9.93. The van der Waals surface area contributed by atoms with Crippen LogP contribution < -0.4 is 5.32 Å². The molecule has 2 aromatic carbocycles. The van der Waals surface area contributed by atoms with Gasteiger partial charge in [0.05, 0.1) is 5.69 Å². The number of nitrogens with one attached hydrogen (secondary N) is 1. The van der Waals surface area contributed by atoms with Crippen molar-refractivity contribution < 1.29 is 14.4 Å². The normalized spacial score (nSPS) is 21.2. The molecule has 170 valence electrons. The van der Waals surface area contributed by atoms with Gasteiger partial charge in [0.15, 0.2) is 5.25 Å². The number of amides is 3. The van der Waals surface area contributed by atoms with Gasteiger partial charge in [-0.05, 0) is 42.5 Å². The van der Waals surface area contributed by atoms with Gasteiger partial charge in [-0.1, -0.05) is 48.5 Å². The summed E-state index contributed by atoms with van der Waals surface area (Å²) in [6.07, 6.45) is 4.31.